The molecule has 0 aliphatic carbocycles. The molecule has 2 aromatic carbocycles. The molecule has 332 valence electrons. The minimum Gasteiger partial charge on any atom is -0.491 e. The summed E-state index contributed by atoms with van der Waals surface area (Å²) in [6.07, 6.45) is 7.72. The summed E-state index contributed by atoms with van der Waals surface area (Å²) in [4.78, 5) is 64.9. The number of aldehydes is 1. The molecule has 0 radical (unpaired) electrons. The Labute approximate surface area is 366 Å². The van der Waals surface area contributed by atoms with E-state index < -0.39 is 6.29 Å². The van der Waals surface area contributed by atoms with Gasteiger partial charge in [0.05, 0.1) is 35.8 Å². The molecule has 18 heteroatoms. The van der Waals surface area contributed by atoms with Crippen LogP contribution in [0, 0.1) is 13.8 Å². The molecule has 3 amide bonds. The summed E-state index contributed by atoms with van der Waals surface area (Å²) in [6.45, 7) is 13.3. The number of benzene rings is 2. The van der Waals surface area contributed by atoms with Gasteiger partial charge < -0.3 is 39.4 Å². The maximum atomic E-state index is 14.1. The van der Waals surface area contributed by atoms with Crippen molar-refractivity contribution in [3.8, 4) is 11.5 Å². The average Bonchev–Trinajstić information content (AvgIpc) is 4.12. The largest absolute Gasteiger partial charge is 0.491 e. The molecule has 3 aliphatic rings. The van der Waals surface area contributed by atoms with Crippen LogP contribution in [-0.4, -0.2) is 117 Å². The van der Waals surface area contributed by atoms with Crippen LogP contribution >= 0.6 is 0 Å². The molecular formula is C45H56N12O6. The van der Waals surface area contributed by atoms with Gasteiger partial charge in [-0.05, 0) is 103 Å². The smallest absolute Gasteiger partial charge is 0.276 e. The highest BCUT2D eigenvalue weighted by Gasteiger charge is 2.38. The summed E-state index contributed by atoms with van der Waals surface area (Å²) in [6, 6.07) is 10.5. The lowest BCUT2D eigenvalue weighted by molar-refractivity contribution is 0.0923. The molecule has 18 nitrogen and oxygen atoms in total. The number of ether oxygens (including phenoxy) is 2. The minimum absolute atomic E-state index is 0.209. The highest BCUT2D eigenvalue weighted by molar-refractivity contribution is 6.04. The molecule has 0 bridgehead atoms. The van der Waals surface area contributed by atoms with Gasteiger partial charge in [0.15, 0.2) is 6.29 Å². The highest BCUT2D eigenvalue weighted by Crippen LogP contribution is 2.46. The van der Waals surface area contributed by atoms with E-state index >= 15 is 0 Å². The van der Waals surface area contributed by atoms with Crippen LogP contribution in [0.4, 0.5) is 17.3 Å². The fourth-order valence-corrected chi connectivity index (χ4v) is 8.62. The number of aryl methyl sites for hydroxylation is 4. The topological polar surface area (TPSA) is 186 Å². The number of imidazole rings is 1. The Hall–Kier alpha value is -6.69. The monoisotopic (exact) mass is 860 g/mol. The molecule has 63 heavy (non-hydrogen) atoms. The van der Waals surface area contributed by atoms with Gasteiger partial charge in [0.25, 0.3) is 17.7 Å². The average molecular weight is 861 g/mol. The zero-order valence-electron chi connectivity index (χ0n) is 36.6. The number of nitrogens with one attached hydrogen (secondary N) is 3. The lowest BCUT2D eigenvalue weighted by Crippen LogP contribution is -2.54. The van der Waals surface area contributed by atoms with Crippen molar-refractivity contribution in [1.29, 1.82) is 0 Å². The number of amides is 3. The summed E-state index contributed by atoms with van der Waals surface area (Å²) >= 11 is 0. The Morgan fingerprint density at radius 3 is 2.21 bits per heavy atom. The van der Waals surface area contributed by atoms with Crippen LogP contribution < -0.4 is 35.2 Å². The number of hydrogen-bond acceptors (Lipinski definition) is 12. The van der Waals surface area contributed by atoms with Gasteiger partial charge in [0.1, 0.15) is 40.4 Å². The van der Waals surface area contributed by atoms with Gasteiger partial charge in [-0.2, -0.15) is 10.2 Å². The van der Waals surface area contributed by atoms with E-state index in [9.17, 15) is 19.2 Å². The first-order valence-electron chi connectivity index (χ1n) is 21.9. The Balaban J connectivity index is 1.14. The van der Waals surface area contributed by atoms with E-state index in [1.807, 2.05) is 67.3 Å². The Kier molecular flexibility index (Phi) is 12.8. The number of allylic oxidation sites excluding steroid dienone is 1. The molecule has 3 N–H and O–H groups in total. The number of rotatable bonds is 12. The van der Waals surface area contributed by atoms with Crippen LogP contribution in [-0.2, 0) is 19.6 Å². The zero-order valence-corrected chi connectivity index (χ0v) is 36.6. The molecule has 1 fully saturated rings. The van der Waals surface area contributed by atoms with Crippen molar-refractivity contribution in [3.05, 3.63) is 82.5 Å². The van der Waals surface area contributed by atoms with Crippen LogP contribution in [0.1, 0.15) is 92.6 Å². The van der Waals surface area contributed by atoms with Gasteiger partial charge in [-0.25, -0.2) is 4.98 Å². The van der Waals surface area contributed by atoms with Gasteiger partial charge in [-0.3, -0.25) is 33.9 Å². The van der Waals surface area contributed by atoms with Gasteiger partial charge in [0.2, 0.25) is 5.95 Å². The van der Waals surface area contributed by atoms with Crippen molar-refractivity contribution in [1.82, 2.24) is 44.6 Å². The van der Waals surface area contributed by atoms with Crippen molar-refractivity contribution in [2.45, 2.75) is 79.3 Å². The zero-order chi connectivity index (χ0) is 44.2. The van der Waals surface area contributed by atoms with Crippen LogP contribution in [0.15, 0.2) is 48.6 Å². The first-order chi connectivity index (χ1) is 30.6. The lowest BCUT2D eigenvalue weighted by Gasteiger charge is -2.31. The Morgan fingerprint density at radius 2 is 1.51 bits per heavy atom. The number of likely N-dealkylation sites (tertiary alicyclic amines) is 1. The first kappa shape index (κ1) is 43.0. The summed E-state index contributed by atoms with van der Waals surface area (Å²) < 4.78 is 18.1. The molecule has 1 unspecified atom stereocenters. The van der Waals surface area contributed by atoms with Crippen LogP contribution in [0.3, 0.4) is 0 Å². The molecule has 3 aliphatic heterocycles. The van der Waals surface area contributed by atoms with E-state index in [4.69, 9.17) is 14.5 Å². The standard InChI is InChI=1S/C45H56N12O6/c1-6-56-35(22-29(3)50-56)42(60)48-44-47-33-24-31(28-58)25-37-39(33)54(44)18-10-11-19-55-40-34(52(5)45(55)49-43(61)36-23-30(4)51-57(36)7-2)26-32(27-38(40)63-21-13-20-62-37)41(59)46-14-12-17-53-15-8-9-16-53/h10-11,22-28,45H,6-9,12-21H2,1-5H3,(H,46,59)(H,49,61)(H,47,48,60)/b11-10+. The van der Waals surface area contributed by atoms with Crippen molar-refractivity contribution in [2.24, 2.45) is 0 Å². The van der Waals surface area contributed by atoms with Crippen LogP contribution in [0.25, 0.3) is 11.0 Å². The van der Waals surface area contributed by atoms with Gasteiger partial charge >= 0.3 is 0 Å². The second-order valence-corrected chi connectivity index (χ2v) is 16.1. The molecule has 1 atom stereocenters. The molecule has 1 saturated heterocycles. The Morgan fingerprint density at radius 1 is 0.825 bits per heavy atom. The predicted octanol–water partition coefficient (Wildman–Crippen LogP) is 4.75. The van der Waals surface area contributed by atoms with Crippen LogP contribution in [0.5, 0.6) is 11.5 Å². The van der Waals surface area contributed by atoms with E-state index in [1.165, 1.54) is 12.8 Å². The molecule has 3 aromatic heterocycles. The van der Waals surface area contributed by atoms with Gasteiger partial charge in [-0.15, -0.1) is 0 Å². The summed E-state index contributed by atoms with van der Waals surface area (Å²) in [5.74, 6) is 0.301. The van der Waals surface area contributed by atoms with E-state index in [0.29, 0.717) is 94.7 Å². The quantitative estimate of drug-likeness (QED) is 0.0890. The number of carbonyl (C=O) groups is 4. The molecule has 5 aromatic rings. The maximum Gasteiger partial charge on any atom is 0.276 e. The number of aromatic nitrogens is 6. The SMILES string of the molecule is CCn1nc(C)cc1C(=O)Nc1nc2cc(C=O)cc3c2n1C/C=C/CN1c2c(cc(C(=O)NCCCN4CCCC4)cc2N(C)C1NC(=O)c1cc(C)nn1CC)OCCCO3. The second-order valence-electron chi connectivity index (χ2n) is 16.1. The third-order valence-electron chi connectivity index (χ3n) is 11.7. The fraction of sp³-hybridized carbons (Fsp3) is 0.444. The number of nitrogens with zero attached hydrogens (tertiary/aromatic N) is 9. The number of anilines is 3. The predicted molar refractivity (Wildman–Crippen MR) is 239 cm³/mol. The van der Waals surface area contributed by atoms with Crippen molar-refractivity contribution >= 4 is 52.4 Å². The van der Waals surface area contributed by atoms with Crippen molar-refractivity contribution in [3.63, 3.8) is 0 Å². The Bertz CT molecular complexity index is 2550. The summed E-state index contributed by atoms with van der Waals surface area (Å²) in [5.41, 5.74) is 5.60. The van der Waals surface area contributed by atoms with Crippen LogP contribution in [0.2, 0.25) is 0 Å². The summed E-state index contributed by atoms with van der Waals surface area (Å²) in [5, 5.41) is 18.3. The summed E-state index contributed by atoms with van der Waals surface area (Å²) in [7, 11) is 1.89. The van der Waals surface area contributed by atoms with E-state index in [1.54, 1.807) is 39.7 Å². The van der Waals surface area contributed by atoms with E-state index in [0.717, 1.165) is 38.0 Å². The van der Waals surface area contributed by atoms with Crippen molar-refractivity contribution < 1.29 is 28.7 Å². The maximum absolute atomic E-state index is 14.1. The fourth-order valence-electron chi connectivity index (χ4n) is 8.62. The van der Waals surface area contributed by atoms with Gasteiger partial charge in [0, 0.05) is 57.3 Å². The molecule has 6 heterocycles. The van der Waals surface area contributed by atoms with Crippen molar-refractivity contribution in [2.75, 3.05) is 68.1 Å². The van der Waals surface area contributed by atoms with E-state index in [-0.39, 0.29) is 43.4 Å². The third-order valence-corrected chi connectivity index (χ3v) is 11.7. The first-order valence-corrected chi connectivity index (χ1v) is 21.9. The number of hydrogen-bond donors (Lipinski definition) is 3. The molecule has 0 spiro atoms. The highest BCUT2D eigenvalue weighted by atomic mass is 16.5. The minimum atomic E-state index is -0.679. The number of carbonyl (C=O) groups excluding carboxylic acids is 4. The van der Waals surface area contributed by atoms with Gasteiger partial charge in [-0.1, -0.05) is 12.2 Å². The lowest BCUT2D eigenvalue weighted by atomic mass is 10.1. The second kappa shape index (κ2) is 18.7. The normalized spacial score (nSPS) is 17.1. The molecule has 8 rings (SSSR count). The van der Waals surface area contributed by atoms with E-state index in [2.05, 4.69) is 31.0 Å². The third kappa shape index (κ3) is 8.98. The molecular weight excluding hydrogens is 805 g/mol. The molecule has 0 saturated carbocycles.